The lowest BCUT2D eigenvalue weighted by molar-refractivity contribution is -0.141. The number of rotatable bonds is 6. The molecule has 0 spiro atoms. The van der Waals surface area contributed by atoms with Gasteiger partial charge >= 0.3 is 12.0 Å². The quantitative estimate of drug-likeness (QED) is 0.645. The summed E-state index contributed by atoms with van der Waals surface area (Å²) in [6, 6.07) is 17.3. The van der Waals surface area contributed by atoms with Crippen molar-refractivity contribution in [2.45, 2.75) is 44.4 Å². The molecular weight excluding hydrogens is 352 g/mol. The monoisotopic (exact) mass is 380 g/mol. The summed E-state index contributed by atoms with van der Waals surface area (Å²) >= 11 is 0. The third-order valence-electron chi connectivity index (χ3n) is 5.50. The van der Waals surface area contributed by atoms with Gasteiger partial charge in [-0.2, -0.15) is 0 Å². The van der Waals surface area contributed by atoms with Crippen LogP contribution in [-0.2, 0) is 9.53 Å². The van der Waals surface area contributed by atoms with Crippen LogP contribution in [0.1, 0.15) is 50.0 Å². The Morgan fingerprint density at radius 2 is 1.50 bits per heavy atom. The smallest absolute Gasteiger partial charge is 0.323 e. The molecule has 0 heterocycles. The van der Waals surface area contributed by atoms with Gasteiger partial charge in [0.05, 0.1) is 7.11 Å². The van der Waals surface area contributed by atoms with E-state index in [-0.39, 0.29) is 12.0 Å². The molecule has 0 saturated heterocycles. The van der Waals surface area contributed by atoms with E-state index in [4.69, 9.17) is 4.74 Å². The van der Waals surface area contributed by atoms with Crippen molar-refractivity contribution in [3.05, 3.63) is 60.2 Å². The van der Waals surface area contributed by atoms with Crippen molar-refractivity contribution in [1.82, 2.24) is 0 Å². The number of nitrogens with one attached hydrogen (secondary N) is 2. The van der Waals surface area contributed by atoms with Crippen LogP contribution in [0.5, 0.6) is 0 Å². The topological polar surface area (TPSA) is 67.4 Å². The number of esters is 1. The summed E-state index contributed by atoms with van der Waals surface area (Å²) < 4.78 is 4.73. The SMILES string of the molecule is COC(=O)CCC1CCC(c2ccc(NC(=O)Nc3ccccc3)cc2)CC1. The van der Waals surface area contributed by atoms with Crippen molar-refractivity contribution in [3.8, 4) is 0 Å². The standard InChI is InChI=1S/C23H28N2O3/c1-28-22(26)16-9-17-7-10-18(11-8-17)19-12-14-21(15-13-19)25-23(27)24-20-5-3-2-4-6-20/h2-6,12-15,17-18H,7-11,16H2,1H3,(H2,24,25,27). The van der Waals surface area contributed by atoms with Gasteiger partial charge in [-0.15, -0.1) is 0 Å². The number of anilines is 2. The Labute approximate surface area is 166 Å². The molecule has 0 aromatic heterocycles. The van der Waals surface area contributed by atoms with Crippen LogP contribution >= 0.6 is 0 Å². The van der Waals surface area contributed by atoms with E-state index in [0.29, 0.717) is 18.3 Å². The van der Waals surface area contributed by atoms with Gasteiger partial charge in [0.25, 0.3) is 0 Å². The summed E-state index contributed by atoms with van der Waals surface area (Å²) in [4.78, 5) is 23.4. The van der Waals surface area contributed by atoms with Crippen molar-refractivity contribution in [2.75, 3.05) is 17.7 Å². The fourth-order valence-corrected chi connectivity index (χ4v) is 3.86. The molecule has 0 bridgehead atoms. The summed E-state index contributed by atoms with van der Waals surface area (Å²) in [6.45, 7) is 0. The predicted octanol–water partition coefficient (Wildman–Crippen LogP) is 5.56. The van der Waals surface area contributed by atoms with Gasteiger partial charge in [0.15, 0.2) is 0 Å². The van der Waals surface area contributed by atoms with Gasteiger partial charge in [-0.05, 0) is 73.8 Å². The number of carbonyl (C=O) groups excluding carboxylic acids is 2. The van der Waals surface area contributed by atoms with Crippen LogP contribution in [0.4, 0.5) is 16.2 Å². The van der Waals surface area contributed by atoms with Crippen molar-refractivity contribution in [2.24, 2.45) is 5.92 Å². The minimum Gasteiger partial charge on any atom is -0.469 e. The Morgan fingerprint density at radius 1 is 0.893 bits per heavy atom. The molecule has 5 heteroatoms. The van der Waals surface area contributed by atoms with Gasteiger partial charge in [-0.25, -0.2) is 4.79 Å². The van der Waals surface area contributed by atoms with Crippen molar-refractivity contribution >= 4 is 23.4 Å². The van der Waals surface area contributed by atoms with Gasteiger partial charge in [-0.3, -0.25) is 4.79 Å². The summed E-state index contributed by atoms with van der Waals surface area (Å²) in [5.74, 6) is 1.07. The molecule has 3 rings (SSSR count). The average Bonchev–Trinajstić information content (AvgIpc) is 2.73. The number of hydrogen-bond donors (Lipinski definition) is 2. The normalized spacial score (nSPS) is 18.9. The Balaban J connectivity index is 1.45. The highest BCUT2D eigenvalue weighted by Crippen LogP contribution is 2.37. The number of amides is 2. The van der Waals surface area contributed by atoms with Gasteiger partial charge < -0.3 is 15.4 Å². The van der Waals surface area contributed by atoms with E-state index in [9.17, 15) is 9.59 Å². The minimum absolute atomic E-state index is 0.110. The van der Waals surface area contributed by atoms with E-state index < -0.39 is 0 Å². The van der Waals surface area contributed by atoms with E-state index in [1.165, 1.54) is 12.7 Å². The van der Waals surface area contributed by atoms with Gasteiger partial charge in [0.2, 0.25) is 0 Å². The number of benzene rings is 2. The molecule has 5 nitrogen and oxygen atoms in total. The van der Waals surface area contributed by atoms with E-state index in [1.807, 2.05) is 42.5 Å². The number of methoxy groups -OCH3 is 1. The number of ether oxygens (including phenoxy) is 1. The maximum Gasteiger partial charge on any atom is 0.323 e. The van der Waals surface area contributed by atoms with Gasteiger partial charge in [0, 0.05) is 17.8 Å². The third kappa shape index (κ3) is 5.84. The molecular formula is C23H28N2O3. The van der Waals surface area contributed by atoms with Crippen molar-refractivity contribution in [1.29, 1.82) is 0 Å². The largest absolute Gasteiger partial charge is 0.469 e. The fourth-order valence-electron chi connectivity index (χ4n) is 3.86. The van der Waals surface area contributed by atoms with Crippen LogP contribution in [0.2, 0.25) is 0 Å². The number of urea groups is 1. The first-order valence-electron chi connectivity index (χ1n) is 9.94. The van der Waals surface area contributed by atoms with Crippen LogP contribution in [-0.4, -0.2) is 19.1 Å². The van der Waals surface area contributed by atoms with Crippen LogP contribution in [0.25, 0.3) is 0 Å². The van der Waals surface area contributed by atoms with Crippen LogP contribution in [0, 0.1) is 5.92 Å². The number of para-hydroxylation sites is 1. The zero-order valence-corrected chi connectivity index (χ0v) is 16.3. The highest BCUT2D eigenvalue weighted by molar-refractivity contribution is 5.99. The Bertz CT molecular complexity index is 766. The highest BCUT2D eigenvalue weighted by Gasteiger charge is 2.23. The molecule has 2 amide bonds. The second kappa shape index (κ2) is 9.93. The molecule has 0 unspecified atom stereocenters. The van der Waals surface area contributed by atoms with E-state index in [1.54, 1.807) is 0 Å². The zero-order chi connectivity index (χ0) is 19.8. The Kier molecular flexibility index (Phi) is 7.06. The average molecular weight is 380 g/mol. The van der Waals surface area contributed by atoms with Crippen LogP contribution in [0.3, 0.4) is 0 Å². The maximum atomic E-state index is 12.1. The maximum absolute atomic E-state index is 12.1. The van der Waals surface area contributed by atoms with E-state index in [0.717, 1.165) is 43.5 Å². The molecule has 148 valence electrons. The molecule has 2 aromatic rings. The van der Waals surface area contributed by atoms with Crippen molar-refractivity contribution in [3.63, 3.8) is 0 Å². The molecule has 1 aliphatic carbocycles. The lowest BCUT2D eigenvalue weighted by atomic mass is 9.77. The van der Waals surface area contributed by atoms with Gasteiger partial charge in [0.1, 0.15) is 0 Å². The lowest BCUT2D eigenvalue weighted by Crippen LogP contribution is -2.19. The van der Waals surface area contributed by atoms with Gasteiger partial charge in [-0.1, -0.05) is 30.3 Å². The Morgan fingerprint density at radius 3 is 2.11 bits per heavy atom. The van der Waals surface area contributed by atoms with Crippen LogP contribution < -0.4 is 10.6 Å². The number of hydrogen-bond acceptors (Lipinski definition) is 3. The molecule has 0 aliphatic heterocycles. The fraction of sp³-hybridized carbons (Fsp3) is 0.391. The third-order valence-corrected chi connectivity index (χ3v) is 5.50. The highest BCUT2D eigenvalue weighted by atomic mass is 16.5. The van der Waals surface area contributed by atoms with E-state index >= 15 is 0 Å². The van der Waals surface area contributed by atoms with Crippen LogP contribution in [0.15, 0.2) is 54.6 Å². The molecule has 2 N–H and O–H groups in total. The Hall–Kier alpha value is -2.82. The molecule has 0 atom stereocenters. The molecule has 1 saturated carbocycles. The first-order valence-corrected chi connectivity index (χ1v) is 9.94. The second-order valence-corrected chi connectivity index (χ2v) is 7.40. The second-order valence-electron chi connectivity index (χ2n) is 7.40. The predicted molar refractivity (Wildman–Crippen MR) is 111 cm³/mol. The lowest BCUT2D eigenvalue weighted by Gasteiger charge is -2.28. The summed E-state index contributed by atoms with van der Waals surface area (Å²) in [7, 11) is 1.45. The number of carbonyl (C=O) groups is 2. The molecule has 2 aromatic carbocycles. The molecule has 28 heavy (non-hydrogen) atoms. The minimum atomic E-state index is -0.245. The summed E-state index contributed by atoms with van der Waals surface area (Å²) in [5, 5.41) is 5.68. The molecule has 1 aliphatic rings. The molecule has 1 fully saturated rings. The van der Waals surface area contributed by atoms with E-state index in [2.05, 4.69) is 22.8 Å². The summed E-state index contributed by atoms with van der Waals surface area (Å²) in [5.41, 5.74) is 2.87. The summed E-state index contributed by atoms with van der Waals surface area (Å²) in [6.07, 6.45) is 6.05. The van der Waals surface area contributed by atoms with Crippen molar-refractivity contribution < 1.29 is 14.3 Å². The zero-order valence-electron chi connectivity index (χ0n) is 16.3. The first-order chi connectivity index (χ1) is 13.6. The molecule has 0 radical (unpaired) electrons. The first kappa shape index (κ1) is 19.9.